The number of hydrogen-bond acceptors (Lipinski definition) is 4. The predicted octanol–water partition coefficient (Wildman–Crippen LogP) is 3.12. The largest absolute Gasteiger partial charge is 0.365 e. The van der Waals surface area contributed by atoms with Crippen molar-refractivity contribution >= 4 is 5.82 Å². The first-order valence-corrected chi connectivity index (χ1v) is 6.26. The number of nitrogens with one attached hydrogen (secondary N) is 1. The van der Waals surface area contributed by atoms with Crippen molar-refractivity contribution < 1.29 is 0 Å². The summed E-state index contributed by atoms with van der Waals surface area (Å²) >= 11 is 0. The molecule has 0 aliphatic heterocycles. The standard InChI is InChI=1S/C13H20N4/c1-3-4-5-6-7-11(2)16-13-12(10-14)8-9-15-17-13/h8-9,11H,3-7H2,1-2H3,(H,16,17). The summed E-state index contributed by atoms with van der Waals surface area (Å²) in [5.74, 6) is 0.595. The normalized spacial score (nSPS) is 11.8. The molecule has 4 heteroatoms. The Labute approximate surface area is 103 Å². The third-order valence-corrected chi connectivity index (χ3v) is 2.71. The van der Waals surface area contributed by atoms with Gasteiger partial charge in [-0.2, -0.15) is 10.4 Å². The first-order chi connectivity index (χ1) is 8.27. The fourth-order valence-corrected chi connectivity index (χ4v) is 1.71. The molecule has 1 unspecified atom stereocenters. The van der Waals surface area contributed by atoms with E-state index in [1.807, 2.05) is 0 Å². The summed E-state index contributed by atoms with van der Waals surface area (Å²) < 4.78 is 0. The van der Waals surface area contributed by atoms with Crippen molar-refractivity contribution in [2.75, 3.05) is 5.32 Å². The Morgan fingerprint density at radius 3 is 2.94 bits per heavy atom. The number of rotatable bonds is 7. The van der Waals surface area contributed by atoms with Gasteiger partial charge >= 0.3 is 0 Å². The van der Waals surface area contributed by atoms with Crippen LogP contribution >= 0.6 is 0 Å². The van der Waals surface area contributed by atoms with Gasteiger partial charge in [0.25, 0.3) is 0 Å². The lowest BCUT2D eigenvalue weighted by Crippen LogP contribution is -2.17. The van der Waals surface area contributed by atoms with E-state index in [2.05, 4.69) is 35.4 Å². The Bertz CT molecular complexity index is 370. The molecule has 0 aliphatic rings. The van der Waals surface area contributed by atoms with Crippen LogP contribution in [0, 0.1) is 11.3 Å². The van der Waals surface area contributed by atoms with E-state index < -0.39 is 0 Å². The summed E-state index contributed by atoms with van der Waals surface area (Å²) in [6.07, 6.45) is 7.67. The van der Waals surface area contributed by atoms with Crippen molar-refractivity contribution in [3.8, 4) is 6.07 Å². The van der Waals surface area contributed by atoms with E-state index in [0.717, 1.165) is 6.42 Å². The van der Waals surface area contributed by atoms with E-state index in [0.29, 0.717) is 17.4 Å². The van der Waals surface area contributed by atoms with Gasteiger partial charge in [-0.05, 0) is 19.4 Å². The molecular weight excluding hydrogens is 212 g/mol. The first-order valence-electron chi connectivity index (χ1n) is 6.26. The highest BCUT2D eigenvalue weighted by Crippen LogP contribution is 2.13. The number of unbranched alkanes of at least 4 members (excludes halogenated alkanes) is 3. The molecule has 92 valence electrons. The molecule has 0 saturated carbocycles. The number of anilines is 1. The highest BCUT2D eigenvalue weighted by Gasteiger charge is 2.07. The van der Waals surface area contributed by atoms with Crippen LogP contribution < -0.4 is 5.32 Å². The molecule has 1 aromatic heterocycles. The minimum Gasteiger partial charge on any atom is -0.365 e. The Kier molecular flexibility index (Phi) is 6.02. The van der Waals surface area contributed by atoms with E-state index in [4.69, 9.17) is 5.26 Å². The number of aromatic nitrogens is 2. The van der Waals surface area contributed by atoms with Crippen LogP contribution in [0.15, 0.2) is 12.3 Å². The molecule has 17 heavy (non-hydrogen) atoms. The van der Waals surface area contributed by atoms with Crippen LogP contribution in [0.25, 0.3) is 0 Å². The second-order valence-corrected chi connectivity index (χ2v) is 4.30. The van der Waals surface area contributed by atoms with Crippen LogP contribution in [-0.2, 0) is 0 Å². The quantitative estimate of drug-likeness (QED) is 0.734. The minimum absolute atomic E-state index is 0.329. The molecule has 0 fully saturated rings. The van der Waals surface area contributed by atoms with Gasteiger partial charge in [-0.25, -0.2) is 0 Å². The maximum absolute atomic E-state index is 8.92. The summed E-state index contributed by atoms with van der Waals surface area (Å²) in [4.78, 5) is 0. The van der Waals surface area contributed by atoms with Crippen molar-refractivity contribution in [2.45, 2.75) is 52.0 Å². The van der Waals surface area contributed by atoms with Crippen molar-refractivity contribution in [1.82, 2.24) is 10.2 Å². The zero-order chi connectivity index (χ0) is 12.5. The number of nitrogens with zero attached hydrogens (tertiary/aromatic N) is 3. The summed E-state index contributed by atoms with van der Waals surface area (Å²) in [7, 11) is 0. The topological polar surface area (TPSA) is 61.6 Å². The van der Waals surface area contributed by atoms with Gasteiger partial charge in [0, 0.05) is 6.04 Å². The fourth-order valence-electron chi connectivity index (χ4n) is 1.71. The highest BCUT2D eigenvalue weighted by atomic mass is 15.2. The van der Waals surface area contributed by atoms with Crippen LogP contribution in [0.2, 0.25) is 0 Å². The van der Waals surface area contributed by atoms with Crippen molar-refractivity contribution in [1.29, 1.82) is 5.26 Å². The number of nitriles is 1. The molecule has 1 N–H and O–H groups in total. The van der Waals surface area contributed by atoms with Gasteiger partial charge in [0.2, 0.25) is 0 Å². The Morgan fingerprint density at radius 1 is 1.41 bits per heavy atom. The van der Waals surface area contributed by atoms with Crippen LogP contribution in [-0.4, -0.2) is 16.2 Å². The summed E-state index contributed by atoms with van der Waals surface area (Å²) in [6.45, 7) is 4.32. The van der Waals surface area contributed by atoms with E-state index in [1.54, 1.807) is 6.07 Å². The maximum Gasteiger partial charge on any atom is 0.166 e. The van der Waals surface area contributed by atoms with Gasteiger partial charge < -0.3 is 5.32 Å². The lowest BCUT2D eigenvalue weighted by atomic mass is 10.1. The number of hydrogen-bond donors (Lipinski definition) is 1. The molecule has 1 heterocycles. The van der Waals surface area contributed by atoms with Gasteiger partial charge in [0.15, 0.2) is 5.82 Å². The molecule has 0 amide bonds. The monoisotopic (exact) mass is 232 g/mol. The van der Waals surface area contributed by atoms with Crippen LogP contribution in [0.1, 0.15) is 51.5 Å². The summed E-state index contributed by atoms with van der Waals surface area (Å²) in [6, 6.07) is 4.12. The maximum atomic E-state index is 8.92. The molecule has 0 aliphatic carbocycles. The average Bonchev–Trinajstić information content (AvgIpc) is 2.35. The molecule has 0 spiro atoms. The van der Waals surface area contributed by atoms with Gasteiger partial charge in [-0.15, -0.1) is 5.10 Å². The van der Waals surface area contributed by atoms with Crippen LogP contribution in [0.3, 0.4) is 0 Å². The molecule has 1 rings (SSSR count). The third-order valence-electron chi connectivity index (χ3n) is 2.71. The van der Waals surface area contributed by atoms with Gasteiger partial charge in [0.05, 0.1) is 11.8 Å². The second kappa shape index (κ2) is 7.61. The van der Waals surface area contributed by atoms with Crippen molar-refractivity contribution in [2.24, 2.45) is 0 Å². The molecule has 1 aromatic rings. The highest BCUT2D eigenvalue weighted by molar-refractivity contribution is 5.50. The molecular formula is C13H20N4. The predicted molar refractivity (Wildman–Crippen MR) is 68.6 cm³/mol. The zero-order valence-electron chi connectivity index (χ0n) is 10.6. The smallest absolute Gasteiger partial charge is 0.166 e. The van der Waals surface area contributed by atoms with Crippen molar-refractivity contribution in [3.63, 3.8) is 0 Å². The molecule has 0 aromatic carbocycles. The Balaban J connectivity index is 2.40. The van der Waals surface area contributed by atoms with Crippen LogP contribution in [0.4, 0.5) is 5.82 Å². The summed E-state index contributed by atoms with van der Waals surface area (Å²) in [5, 5.41) is 19.9. The van der Waals surface area contributed by atoms with E-state index in [-0.39, 0.29) is 0 Å². The van der Waals surface area contributed by atoms with E-state index >= 15 is 0 Å². The second-order valence-electron chi connectivity index (χ2n) is 4.30. The SMILES string of the molecule is CCCCCCC(C)Nc1nnccc1C#N. The van der Waals surface area contributed by atoms with E-state index in [1.165, 1.54) is 31.9 Å². The molecule has 0 saturated heterocycles. The molecule has 4 nitrogen and oxygen atoms in total. The zero-order valence-corrected chi connectivity index (χ0v) is 10.6. The fraction of sp³-hybridized carbons (Fsp3) is 0.615. The van der Waals surface area contributed by atoms with E-state index in [9.17, 15) is 0 Å². The lowest BCUT2D eigenvalue weighted by Gasteiger charge is -2.14. The first kappa shape index (κ1) is 13.4. The minimum atomic E-state index is 0.329. The average molecular weight is 232 g/mol. The van der Waals surface area contributed by atoms with Gasteiger partial charge in [0.1, 0.15) is 6.07 Å². The molecule has 1 atom stereocenters. The van der Waals surface area contributed by atoms with Gasteiger partial charge in [-0.1, -0.05) is 32.6 Å². The lowest BCUT2D eigenvalue weighted by molar-refractivity contribution is 0.592. The Hall–Kier alpha value is -1.63. The Morgan fingerprint density at radius 2 is 2.24 bits per heavy atom. The third kappa shape index (κ3) is 4.81. The molecule has 0 bridgehead atoms. The summed E-state index contributed by atoms with van der Waals surface area (Å²) in [5.41, 5.74) is 0.556. The van der Waals surface area contributed by atoms with Gasteiger partial charge in [-0.3, -0.25) is 0 Å². The van der Waals surface area contributed by atoms with Crippen LogP contribution in [0.5, 0.6) is 0 Å². The molecule has 0 radical (unpaired) electrons. The van der Waals surface area contributed by atoms with Crippen molar-refractivity contribution in [3.05, 3.63) is 17.8 Å².